The maximum atomic E-state index is 12.7. The molecule has 0 saturated carbocycles. The third-order valence-electron chi connectivity index (χ3n) is 4.54. The first-order valence-electron chi connectivity index (χ1n) is 7.38. The Hall–Kier alpha value is -1.79. The van der Waals surface area contributed by atoms with Crippen molar-refractivity contribution in [3.63, 3.8) is 0 Å². The number of ether oxygens (including phenoxy) is 1. The van der Waals surface area contributed by atoms with Crippen LogP contribution in [0.3, 0.4) is 0 Å². The zero-order valence-electron chi connectivity index (χ0n) is 12.5. The number of likely N-dealkylation sites (tertiary alicyclic amines) is 1. The van der Waals surface area contributed by atoms with Crippen LogP contribution in [0.4, 0.5) is 0 Å². The lowest BCUT2D eigenvalue weighted by Crippen LogP contribution is -2.68. The number of methoxy groups -OCH3 is 1. The molecule has 120 valence electrons. The van der Waals surface area contributed by atoms with Crippen LogP contribution in [0.25, 0.3) is 10.1 Å². The zero-order chi connectivity index (χ0) is 16.2. The maximum Gasteiger partial charge on any atom is 0.265 e. The molecule has 2 amide bonds. The van der Waals surface area contributed by atoms with Gasteiger partial charge in [-0.3, -0.25) is 9.59 Å². The molecule has 2 saturated heterocycles. The summed E-state index contributed by atoms with van der Waals surface area (Å²) in [6.45, 7) is 1.12. The molecule has 3 heterocycles. The SMILES string of the molecule is COc1ccc2c(Cl)c(C(=O)N3CC4(CCC(=O)N4)C3)sc2c1. The average Bonchev–Trinajstić information content (AvgIpc) is 3.06. The summed E-state index contributed by atoms with van der Waals surface area (Å²) in [5, 5.41) is 4.34. The van der Waals surface area contributed by atoms with E-state index in [-0.39, 0.29) is 17.4 Å². The van der Waals surface area contributed by atoms with Crippen molar-refractivity contribution in [3.05, 3.63) is 28.1 Å². The minimum atomic E-state index is -0.209. The fourth-order valence-corrected chi connectivity index (χ4v) is 4.80. The Kier molecular flexibility index (Phi) is 3.28. The third-order valence-corrected chi connectivity index (χ3v) is 6.19. The first-order valence-corrected chi connectivity index (χ1v) is 8.57. The Morgan fingerprint density at radius 1 is 1.43 bits per heavy atom. The molecule has 2 fully saturated rings. The van der Waals surface area contributed by atoms with Crippen molar-refractivity contribution in [2.24, 2.45) is 0 Å². The van der Waals surface area contributed by atoms with Crippen molar-refractivity contribution in [1.82, 2.24) is 10.2 Å². The van der Waals surface area contributed by atoms with Crippen molar-refractivity contribution >= 4 is 44.8 Å². The minimum Gasteiger partial charge on any atom is -0.497 e. The molecule has 0 radical (unpaired) electrons. The molecule has 0 aliphatic carbocycles. The molecular formula is C16H15ClN2O3S. The molecule has 4 rings (SSSR count). The first-order chi connectivity index (χ1) is 11.0. The van der Waals surface area contributed by atoms with E-state index in [1.54, 1.807) is 12.0 Å². The standard InChI is InChI=1S/C16H15ClN2O3S/c1-22-9-2-3-10-11(6-9)23-14(13(10)17)15(21)19-7-16(8-19)5-4-12(20)18-16/h2-3,6H,4-5,7-8H2,1H3,(H,18,20). The van der Waals surface area contributed by atoms with Crippen LogP contribution in [0, 0.1) is 0 Å². The quantitative estimate of drug-likeness (QED) is 0.905. The number of fused-ring (bicyclic) bond motifs is 1. The highest BCUT2D eigenvalue weighted by atomic mass is 35.5. The Labute approximate surface area is 142 Å². The van der Waals surface area contributed by atoms with Gasteiger partial charge in [-0.1, -0.05) is 11.6 Å². The number of hydrogen-bond donors (Lipinski definition) is 1. The van der Waals surface area contributed by atoms with E-state index < -0.39 is 0 Å². The van der Waals surface area contributed by atoms with Crippen LogP contribution in [0.2, 0.25) is 5.02 Å². The van der Waals surface area contributed by atoms with E-state index in [0.29, 0.717) is 29.4 Å². The van der Waals surface area contributed by atoms with Gasteiger partial charge in [-0.25, -0.2) is 0 Å². The highest BCUT2D eigenvalue weighted by Crippen LogP contribution is 2.40. The van der Waals surface area contributed by atoms with Crippen molar-refractivity contribution < 1.29 is 14.3 Å². The van der Waals surface area contributed by atoms with Gasteiger partial charge in [0.1, 0.15) is 10.6 Å². The predicted molar refractivity (Wildman–Crippen MR) is 89.4 cm³/mol. The van der Waals surface area contributed by atoms with E-state index in [1.165, 1.54) is 11.3 Å². The second-order valence-corrected chi connectivity index (χ2v) is 7.53. The summed E-state index contributed by atoms with van der Waals surface area (Å²) in [5.41, 5.74) is -0.209. The van der Waals surface area contributed by atoms with Gasteiger partial charge in [-0.05, 0) is 24.6 Å². The van der Waals surface area contributed by atoms with Gasteiger partial charge in [0.25, 0.3) is 5.91 Å². The van der Waals surface area contributed by atoms with Crippen molar-refractivity contribution in [1.29, 1.82) is 0 Å². The van der Waals surface area contributed by atoms with Gasteiger partial charge >= 0.3 is 0 Å². The summed E-state index contributed by atoms with van der Waals surface area (Å²) in [5.74, 6) is 0.747. The molecule has 0 unspecified atom stereocenters. The van der Waals surface area contributed by atoms with E-state index in [1.807, 2.05) is 18.2 Å². The Morgan fingerprint density at radius 2 is 2.22 bits per heavy atom. The number of carbonyl (C=O) groups is 2. The minimum absolute atomic E-state index is 0.0676. The van der Waals surface area contributed by atoms with Crippen LogP contribution in [0.1, 0.15) is 22.5 Å². The molecule has 1 spiro atoms. The van der Waals surface area contributed by atoms with Gasteiger partial charge in [0.15, 0.2) is 0 Å². The molecule has 23 heavy (non-hydrogen) atoms. The molecule has 2 aliphatic rings. The molecular weight excluding hydrogens is 336 g/mol. The van der Waals surface area contributed by atoms with Crippen LogP contribution >= 0.6 is 22.9 Å². The Bertz CT molecular complexity index is 826. The van der Waals surface area contributed by atoms with Crippen LogP contribution in [-0.4, -0.2) is 42.5 Å². The highest BCUT2D eigenvalue weighted by molar-refractivity contribution is 7.21. The van der Waals surface area contributed by atoms with Gasteiger partial charge in [0.2, 0.25) is 5.91 Å². The molecule has 1 aromatic carbocycles. The number of rotatable bonds is 2. The van der Waals surface area contributed by atoms with Crippen molar-refractivity contribution in [3.8, 4) is 5.75 Å². The molecule has 0 atom stereocenters. The second kappa shape index (κ2) is 5.11. The van der Waals surface area contributed by atoms with Gasteiger partial charge in [-0.15, -0.1) is 11.3 Å². The Balaban J connectivity index is 1.58. The van der Waals surface area contributed by atoms with Crippen molar-refractivity contribution in [2.75, 3.05) is 20.2 Å². The van der Waals surface area contributed by atoms with Gasteiger partial charge in [-0.2, -0.15) is 0 Å². The zero-order valence-corrected chi connectivity index (χ0v) is 14.1. The lowest BCUT2D eigenvalue weighted by molar-refractivity contribution is -0.120. The van der Waals surface area contributed by atoms with Gasteiger partial charge < -0.3 is 15.0 Å². The number of amides is 2. The van der Waals surface area contributed by atoms with Gasteiger partial charge in [0.05, 0.1) is 17.7 Å². The Morgan fingerprint density at radius 3 is 2.87 bits per heavy atom. The molecule has 1 N–H and O–H groups in total. The number of halogens is 1. The number of thiophene rings is 1. The third kappa shape index (κ3) is 2.28. The predicted octanol–water partition coefficient (Wildman–Crippen LogP) is 2.67. The summed E-state index contributed by atoms with van der Waals surface area (Å²) >= 11 is 7.78. The summed E-state index contributed by atoms with van der Waals surface area (Å²) in [4.78, 5) is 26.4. The maximum absolute atomic E-state index is 12.7. The molecule has 7 heteroatoms. The largest absolute Gasteiger partial charge is 0.497 e. The van der Waals surface area contributed by atoms with E-state index in [9.17, 15) is 9.59 Å². The fourth-order valence-electron chi connectivity index (χ4n) is 3.29. The number of benzene rings is 1. The second-order valence-electron chi connectivity index (χ2n) is 6.10. The molecule has 2 aliphatic heterocycles. The molecule has 1 aromatic heterocycles. The van der Waals surface area contributed by atoms with Crippen LogP contribution in [-0.2, 0) is 4.79 Å². The van der Waals surface area contributed by atoms with Crippen LogP contribution in [0.5, 0.6) is 5.75 Å². The molecule has 5 nitrogen and oxygen atoms in total. The van der Waals surface area contributed by atoms with Gasteiger partial charge in [0, 0.05) is 29.6 Å². The molecule has 0 bridgehead atoms. The lowest BCUT2D eigenvalue weighted by Gasteiger charge is -2.47. The highest BCUT2D eigenvalue weighted by Gasteiger charge is 2.49. The number of nitrogens with zero attached hydrogens (tertiary/aromatic N) is 1. The fraction of sp³-hybridized carbons (Fsp3) is 0.375. The number of carbonyl (C=O) groups excluding carboxylic acids is 2. The van der Waals surface area contributed by atoms with E-state index in [4.69, 9.17) is 16.3 Å². The lowest BCUT2D eigenvalue weighted by atomic mass is 9.88. The van der Waals surface area contributed by atoms with E-state index in [2.05, 4.69) is 5.32 Å². The number of hydrogen-bond acceptors (Lipinski definition) is 4. The topological polar surface area (TPSA) is 58.6 Å². The normalized spacial score (nSPS) is 19.0. The van der Waals surface area contributed by atoms with E-state index >= 15 is 0 Å². The monoisotopic (exact) mass is 350 g/mol. The van der Waals surface area contributed by atoms with E-state index in [0.717, 1.165) is 22.3 Å². The van der Waals surface area contributed by atoms with Crippen molar-refractivity contribution in [2.45, 2.75) is 18.4 Å². The molecule has 2 aromatic rings. The smallest absolute Gasteiger partial charge is 0.265 e. The van der Waals surface area contributed by atoms with Crippen LogP contribution in [0.15, 0.2) is 18.2 Å². The summed E-state index contributed by atoms with van der Waals surface area (Å²) < 4.78 is 6.15. The first kappa shape index (κ1) is 14.8. The summed E-state index contributed by atoms with van der Waals surface area (Å²) in [6, 6.07) is 5.60. The average molecular weight is 351 g/mol. The summed E-state index contributed by atoms with van der Waals surface area (Å²) in [7, 11) is 1.61. The van der Waals surface area contributed by atoms with Crippen LogP contribution < -0.4 is 10.1 Å². The number of nitrogens with one attached hydrogen (secondary N) is 1. The summed E-state index contributed by atoms with van der Waals surface area (Å²) in [6.07, 6.45) is 1.35.